The molecule has 0 fully saturated rings. The van der Waals surface area contributed by atoms with Gasteiger partial charge >= 0.3 is 0 Å². The maximum Gasteiger partial charge on any atom is 0.154 e. The molecule has 0 aliphatic rings. The Balaban J connectivity index is 3.17. The largest absolute Gasteiger partial charge is 0.307 e. The lowest BCUT2D eigenvalue weighted by molar-refractivity contribution is -0.112. The topological polar surface area (TPSA) is 69.1 Å². The Morgan fingerprint density at radius 2 is 1.50 bits per heavy atom. The van der Waals surface area contributed by atoms with Crippen LogP contribution in [0.4, 0.5) is 0 Å². The molecule has 0 saturated carbocycles. The van der Waals surface area contributed by atoms with Crippen molar-refractivity contribution < 1.29 is 4.79 Å². The molecule has 0 spiro atoms. The van der Waals surface area contributed by atoms with Crippen LogP contribution in [0.2, 0.25) is 0 Å². The van der Waals surface area contributed by atoms with Crippen LogP contribution in [-0.4, -0.2) is 11.9 Å². The van der Waals surface area contributed by atoms with Crippen LogP contribution in [0, 0.1) is 0 Å². The van der Waals surface area contributed by atoms with E-state index in [-0.39, 0.29) is 0 Å². The molecule has 0 rings (SSSR count). The van der Waals surface area contributed by atoms with E-state index in [1.807, 2.05) is 0 Å². The summed E-state index contributed by atoms with van der Waals surface area (Å²) in [5.41, 5.74) is 9.88. The standard InChI is InChI=1S/C11H24N2O/c1-2-3-4-5-6-7-8-9-11(12,13)10-14/h10H,2-9,12-13H2,1H3. The summed E-state index contributed by atoms with van der Waals surface area (Å²) in [7, 11) is 0. The van der Waals surface area contributed by atoms with Gasteiger partial charge in [-0.1, -0.05) is 45.4 Å². The number of hydrogen-bond donors (Lipinski definition) is 2. The predicted molar refractivity (Wildman–Crippen MR) is 59.8 cm³/mol. The number of hydrogen-bond acceptors (Lipinski definition) is 3. The summed E-state index contributed by atoms with van der Waals surface area (Å²) in [6.07, 6.45) is 9.78. The highest BCUT2D eigenvalue weighted by Gasteiger charge is 2.15. The summed E-state index contributed by atoms with van der Waals surface area (Å²) in [5.74, 6) is 0. The molecule has 0 aliphatic heterocycles. The van der Waals surface area contributed by atoms with Gasteiger partial charge in [0, 0.05) is 0 Å². The molecule has 0 heterocycles. The lowest BCUT2D eigenvalue weighted by Gasteiger charge is -2.15. The van der Waals surface area contributed by atoms with Crippen LogP contribution in [0.5, 0.6) is 0 Å². The molecule has 84 valence electrons. The average Bonchev–Trinajstić information content (AvgIpc) is 2.16. The first kappa shape index (κ1) is 13.6. The van der Waals surface area contributed by atoms with Gasteiger partial charge in [0.1, 0.15) is 5.66 Å². The second-order valence-corrected chi connectivity index (χ2v) is 4.10. The lowest BCUT2D eigenvalue weighted by Crippen LogP contribution is -2.50. The van der Waals surface area contributed by atoms with Crippen molar-refractivity contribution in [3.05, 3.63) is 0 Å². The Bertz CT molecular complexity index is 146. The molecule has 0 aromatic heterocycles. The van der Waals surface area contributed by atoms with Crippen molar-refractivity contribution in [2.24, 2.45) is 11.5 Å². The summed E-state index contributed by atoms with van der Waals surface area (Å²) in [4.78, 5) is 10.4. The second kappa shape index (κ2) is 7.94. The zero-order chi connectivity index (χ0) is 10.9. The highest BCUT2D eigenvalue weighted by atomic mass is 16.1. The molecular weight excluding hydrogens is 176 g/mol. The molecule has 0 bridgehead atoms. The van der Waals surface area contributed by atoms with E-state index in [1.54, 1.807) is 0 Å². The maximum atomic E-state index is 10.4. The van der Waals surface area contributed by atoms with Crippen LogP contribution >= 0.6 is 0 Å². The van der Waals surface area contributed by atoms with Crippen molar-refractivity contribution in [3.8, 4) is 0 Å². The minimum Gasteiger partial charge on any atom is -0.307 e. The van der Waals surface area contributed by atoms with E-state index in [9.17, 15) is 4.79 Å². The first-order chi connectivity index (χ1) is 6.62. The van der Waals surface area contributed by atoms with Crippen molar-refractivity contribution in [1.29, 1.82) is 0 Å². The van der Waals surface area contributed by atoms with Crippen LogP contribution in [0.25, 0.3) is 0 Å². The molecule has 0 aliphatic carbocycles. The Hall–Kier alpha value is -0.410. The van der Waals surface area contributed by atoms with Gasteiger partial charge in [-0.25, -0.2) is 0 Å². The summed E-state index contributed by atoms with van der Waals surface area (Å²) in [6, 6.07) is 0. The van der Waals surface area contributed by atoms with E-state index >= 15 is 0 Å². The van der Waals surface area contributed by atoms with E-state index < -0.39 is 5.66 Å². The highest BCUT2D eigenvalue weighted by Crippen LogP contribution is 2.10. The number of aldehydes is 1. The minimum absolute atomic E-state index is 0.601. The van der Waals surface area contributed by atoms with Gasteiger partial charge in [-0.2, -0.15) is 0 Å². The van der Waals surface area contributed by atoms with Gasteiger partial charge in [-0.05, 0) is 12.8 Å². The summed E-state index contributed by atoms with van der Waals surface area (Å²) >= 11 is 0. The fourth-order valence-electron chi connectivity index (χ4n) is 1.45. The van der Waals surface area contributed by atoms with Gasteiger partial charge in [0.05, 0.1) is 0 Å². The van der Waals surface area contributed by atoms with E-state index in [0.717, 1.165) is 12.8 Å². The highest BCUT2D eigenvalue weighted by molar-refractivity contribution is 5.62. The molecular formula is C11H24N2O. The van der Waals surface area contributed by atoms with Crippen molar-refractivity contribution in [1.82, 2.24) is 0 Å². The SMILES string of the molecule is CCCCCCCCCC(N)(N)C=O. The van der Waals surface area contributed by atoms with Gasteiger partial charge in [-0.15, -0.1) is 0 Å². The molecule has 4 N–H and O–H groups in total. The number of carbonyl (C=O) groups excluding carboxylic acids is 1. The third-order valence-electron chi connectivity index (χ3n) is 2.43. The molecule has 0 amide bonds. The lowest BCUT2D eigenvalue weighted by atomic mass is 10.0. The summed E-state index contributed by atoms with van der Waals surface area (Å²) in [6.45, 7) is 2.21. The number of unbranched alkanes of at least 4 members (excludes halogenated alkanes) is 6. The zero-order valence-corrected chi connectivity index (χ0v) is 9.30. The number of rotatable bonds is 9. The Morgan fingerprint density at radius 3 is 2.00 bits per heavy atom. The number of nitrogens with two attached hydrogens (primary N) is 2. The summed E-state index contributed by atoms with van der Waals surface area (Å²) in [5, 5.41) is 0. The Kier molecular flexibility index (Phi) is 7.71. The predicted octanol–water partition coefficient (Wildman–Crippen LogP) is 1.94. The van der Waals surface area contributed by atoms with Crippen LogP contribution in [0.1, 0.15) is 58.3 Å². The molecule has 3 heteroatoms. The first-order valence-electron chi connectivity index (χ1n) is 5.66. The van der Waals surface area contributed by atoms with Crippen molar-refractivity contribution in [3.63, 3.8) is 0 Å². The smallest absolute Gasteiger partial charge is 0.154 e. The fourth-order valence-corrected chi connectivity index (χ4v) is 1.45. The second-order valence-electron chi connectivity index (χ2n) is 4.10. The minimum atomic E-state index is -1.09. The van der Waals surface area contributed by atoms with Gasteiger partial charge in [0.2, 0.25) is 0 Å². The van der Waals surface area contributed by atoms with E-state index in [0.29, 0.717) is 12.7 Å². The third-order valence-corrected chi connectivity index (χ3v) is 2.43. The van der Waals surface area contributed by atoms with Crippen molar-refractivity contribution >= 4 is 6.29 Å². The molecule has 0 aromatic rings. The van der Waals surface area contributed by atoms with E-state index in [4.69, 9.17) is 11.5 Å². The first-order valence-corrected chi connectivity index (χ1v) is 5.66. The molecule has 0 radical (unpaired) electrons. The number of carbonyl (C=O) groups is 1. The fraction of sp³-hybridized carbons (Fsp3) is 0.909. The normalized spacial score (nSPS) is 11.6. The van der Waals surface area contributed by atoms with E-state index in [1.165, 1.54) is 32.1 Å². The summed E-state index contributed by atoms with van der Waals surface area (Å²) < 4.78 is 0. The van der Waals surface area contributed by atoms with E-state index in [2.05, 4.69) is 6.92 Å². The maximum absolute atomic E-state index is 10.4. The third kappa shape index (κ3) is 8.20. The molecule has 3 nitrogen and oxygen atoms in total. The van der Waals surface area contributed by atoms with Crippen LogP contribution < -0.4 is 11.5 Å². The molecule has 0 unspecified atom stereocenters. The van der Waals surface area contributed by atoms with Gasteiger partial charge in [0.15, 0.2) is 6.29 Å². The van der Waals surface area contributed by atoms with Gasteiger partial charge in [0.25, 0.3) is 0 Å². The van der Waals surface area contributed by atoms with Crippen molar-refractivity contribution in [2.45, 2.75) is 64.0 Å². The quantitative estimate of drug-likeness (QED) is 0.339. The van der Waals surface area contributed by atoms with Crippen molar-refractivity contribution in [2.75, 3.05) is 0 Å². The molecule has 0 atom stereocenters. The van der Waals surface area contributed by atoms with Gasteiger partial charge in [-0.3, -0.25) is 4.79 Å². The Morgan fingerprint density at radius 1 is 1.00 bits per heavy atom. The monoisotopic (exact) mass is 200 g/mol. The van der Waals surface area contributed by atoms with Crippen LogP contribution in [0.3, 0.4) is 0 Å². The Labute approximate surface area is 87.2 Å². The molecule has 14 heavy (non-hydrogen) atoms. The zero-order valence-electron chi connectivity index (χ0n) is 9.30. The van der Waals surface area contributed by atoms with Crippen LogP contribution in [0.15, 0.2) is 0 Å². The molecule has 0 aromatic carbocycles. The van der Waals surface area contributed by atoms with Crippen LogP contribution in [-0.2, 0) is 4.79 Å². The molecule has 0 saturated heterocycles. The average molecular weight is 200 g/mol. The van der Waals surface area contributed by atoms with Gasteiger partial charge < -0.3 is 11.5 Å².